The van der Waals surface area contributed by atoms with Gasteiger partial charge in [0.1, 0.15) is 0 Å². The number of nitrogens with zero attached hydrogens (tertiary/aromatic N) is 4. The van der Waals surface area contributed by atoms with Crippen LogP contribution in [0.15, 0.2) is 60.8 Å². The first-order valence-corrected chi connectivity index (χ1v) is 13.1. The molecule has 38 heavy (non-hydrogen) atoms. The maximum atomic E-state index is 13.6. The van der Waals surface area contributed by atoms with E-state index in [-0.39, 0.29) is 11.8 Å². The Hall–Kier alpha value is -4.41. The minimum Gasteiger partial charge on any atom is -0.361 e. The molecule has 2 aliphatic heterocycles. The average molecular weight is 502 g/mol. The van der Waals surface area contributed by atoms with Gasteiger partial charge in [-0.05, 0) is 61.2 Å². The van der Waals surface area contributed by atoms with Crippen LogP contribution in [-0.2, 0) is 13.5 Å². The van der Waals surface area contributed by atoms with Crippen LogP contribution in [-0.4, -0.2) is 57.3 Å². The largest absolute Gasteiger partial charge is 0.361 e. The number of amides is 2. The molecule has 0 bridgehead atoms. The van der Waals surface area contributed by atoms with Crippen LogP contribution in [0.1, 0.15) is 38.3 Å². The number of H-pyrrole nitrogens is 1. The van der Waals surface area contributed by atoms with Gasteiger partial charge in [-0.3, -0.25) is 14.5 Å². The number of para-hydroxylation sites is 1. The van der Waals surface area contributed by atoms with Gasteiger partial charge in [0, 0.05) is 65.6 Å². The zero-order valence-corrected chi connectivity index (χ0v) is 21.2. The predicted molar refractivity (Wildman–Crippen MR) is 147 cm³/mol. The number of likely N-dealkylation sites (tertiary alicyclic amines) is 1. The second kappa shape index (κ2) is 8.57. The van der Waals surface area contributed by atoms with Gasteiger partial charge in [0.2, 0.25) is 0 Å². The lowest BCUT2D eigenvalue weighted by Gasteiger charge is -2.20. The molecule has 1 saturated heterocycles. The van der Waals surface area contributed by atoms with E-state index in [9.17, 15) is 9.59 Å². The van der Waals surface area contributed by atoms with E-state index in [1.54, 1.807) is 0 Å². The molecule has 1 N–H and O–H groups in total. The molecule has 3 aromatic carbocycles. The van der Waals surface area contributed by atoms with E-state index in [1.807, 2.05) is 61.6 Å². The van der Waals surface area contributed by atoms with Crippen molar-refractivity contribution in [3.8, 4) is 6.07 Å². The van der Waals surface area contributed by atoms with E-state index in [4.69, 9.17) is 5.26 Å². The third-order valence-corrected chi connectivity index (χ3v) is 8.43. The number of imide groups is 1. The van der Waals surface area contributed by atoms with Crippen LogP contribution < -0.4 is 0 Å². The molecule has 4 heterocycles. The van der Waals surface area contributed by atoms with Crippen LogP contribution in [0.4, 0.5) is 0 Å². The summed E-state index contributed by atoms with van der Waals surface area (Å²) in [5.74, 6) is 0.145. The Balaban J connectivity index is 1.06. The number of hydrogen-bond donors (Lipinski definition) is 1. The molecule has 2 amide bonds. The molecule has 5 aromatic rings. The molecule has 2 aromatic heterocycles. The molecular formula is C31H27N5O2. The van der Waals surface area contributed by atoms with Crippen LogP contribution in [0.5, 0.6) is 0 Å². The topological polar surface area (TPSA) is 85.1 Å². The average Bonchev–Trinajstić information content (AvgIpc) is 3.69. The number of rotatable bonds is 5. The van der Waals surface area contributed by atoms with E-state index in [0.29, 0.717) is 35.7 Å². The summed E-state index contributed by atoms with van der Waals surface area (Å²) < 4.78 is 2.09. The third kappa shape index (κ3) is 3.37. The summed E-state index contributed by atoms with van der Waals surface area (Å²) in [5.41, 5.74) is 6.01. The second-order valence-corrected chi connectivity index (χ2v) is 10.6. The number of hydrogen-bond acceptors (Lipinski definition) is 4. The summed E-state index contributed by atoms with van der Waals surface area (Å²) >= 11 is 0. The number of carbonyl (C=O) groups excluding carboxylic acids is 2. The molecule has 7 heteroatoms. The van der Waals surface area contributed by atoms with Crippen molar-refractivity contribution in [2.75, 3.05) is 26.2 Å². The number of carbonyl (C=O) groups is 2. The van der Waals surface area contributed by atoms with E-state index >= 15 is 0 Å². The van der Waals surface area contributed by atoms with Crippen LogP contribution in [0.25, 0.3) is 32.7 Å². The maximum absolute atomic E-state index is 13.6. The van der Waals surface area contributed by atoms with E-state index < -0.39 is 0 Å². The van der Waals surface area contributed by atoms with Crippen LogP contribution in [0, 0.1) is 17.2 Å². The van der Waals surface area contributed by atoms with Gasteiger partial charge < -0.3 is 14.5 Å². The number of aromatic amines is 1. The molecule has 188 valence electrons. The Labute approximate surface area is 219 Å². The summed E-state index contributed by atoms with van der Waals surface area (Å²) in [4.78, 5) is 34.0. The highest BCUT2D eigenvalue weighted by molar-refractivity contribution is 6.30. The molecule has 7 nitrogen and oxygen atoms in total. The predicted octanol–water partition coefficient (Wildman–Crippen LogP) is 4.85. The lowest BCUT2D eigenvalue weighted by atomic mass is 9.98. The first-order chi connectivity index (χ1) is 18.5. The Morgan fingerprint density at radius 3 is 2.74 bits per heavy atom. The summed E-state index contributed by atoms with van der Waals surface area (Å²) in [6, 6.07) is 19.8. The maximum Gasteiger partial charge on any atom is 0.262 e. The minimum absolute atomic E-state index is 0.182. The number of aryl methyl sites for hydroxylation is 1. The van der Waals surface area contributed by atoms with Crippen molar-refractivity contribution in [3.63, 3.8) is 0 Å². The van der Waals surface area contributed by atoms with Gasteiger partial charge in [-0.1, -0.05) is 24.3 Å². The van der Waals surface area contributed by atoms with Gasteiger partial charge in [-0.15, -0.1) is 0 Å². The first kappa shape index (κ1) is 22.8. The van der Waals surface area contributed by atoms with Crippen LogP contribution >= 0.6 is 0 Å². The standard InChI is InChI=1S/C31H27N5O2/c1-34-26-5-3-2-4-23(26)28-27(34)9-8-24-29(28)31(38)36(30(24)37)13-12-35-11-10-20(18-35)14-21-17-33-25-15-19(16-32)6-7-22(21)25/h2-9,15,17,20,33H,10-14,18H2,1H3. The van der Waals surface area contributed by atoms with Crippen molar-refractivity contribution in [2.45, 2.75) is 12.8 Å². The minimum atomic E-state index is -0.189. The third-order valence-electron chi connectivity index (χ3n) is 8.43. The first-order valence-electron chi connectivity index (χ1n) is 13.1. The highest BCUT2D eigenvalue weighted by Crippen LogP contribution is 2.36. The summed E-state index contributed by atoms with van der Waals surface area (Å²) in [6.45, 7) is 2.98. The highest BCUT2D eigenvalue weighted by Gasteiger charge is 2.38. The summed E-state index contributed by atoms with van der Waals surface area (Å²) in [6.07, 6.45) is 4.11. The van der Waals surface area contributed by atoms with Gasteiger partial charge in [-0.2, -0.15) is 5.26 Å². The number of fused-ring (bicyclic) bond motifs is 6. The van der Waals surface area contributed by atoms with E-state index in [0.717, 1.165) is 53.3 Å². The molecule has 0 saturated carbocycles. The van der Waals surface area contributed by atoms with Gasteiger partial charge in [0.15, 0.2) is 0 Å². The second-order valence-electron chi connectivity index (χ2n) is 10.6. The molecule has 0 spiro atoms. The summed E-state index contributed by atoms with van der Waals surface area (Å²) in [7, 11) is 2.00. The van der Waals surface area contributed by atoms with Crippen LogP contribution in [0.3, 0.4) is 0 Å². The molecular weight excluding hydrogens is 474 g/mol. The van der Waals surface area contributed by atoms with Gasteiger partial charge >= 0.3 is 0 Å². The summed E-state index contributed by atoms with van der Waals surface area (Å²) in [5, 5.41) is 12.2. The molecule has 0 aliphatic carbocycles. The van der Waals surface area contributed by atoms with Crippen molar-refractivity contribution in [1.82, 2.24) is 19.4 Å². The van der Waals surface area contributed by atoms with E-state index in [2.05, 4.69) is 26.7 Å². The Morgan fingerprint density at radius 2 is 1.87 bits per heavy atom. The fourth-order valence-corrected chi connectivity index (χ4v) is 6.49. The monoisotopic (exact) mass is 501 g/mol. The molecule has 1 fully saturated rings. The van der Waals surface area contributed by atoms with Gasteiger partial charge in [-0.25, -0.2) is 0 Å². The molecule has 1 unspecified atom stereocenters. The Morgan fingerprint density at radius 1 is 1.00 bits per heavy atom. The smallest absolute Gasteiger partial charge is 0.262 e. The number of aromatic nitrogens is 2. The SMILES string of the molecule is Cn1c2ccccc2c2c3c(ccc21)C(=O)N(CCN1CCC(Cc2c[nH]c4cc(C#N)ccc24)C1)C3=O. The number of nitriles is 1. The lowest BCUT2D eigenvalue weighted by Crippen LogP contribution is -2.37. The fraction of sp³-hybridized carbons (Fsp3) is 0.258. The number of nitrogens with one attached hydrogen (secondary N) is 1. The van der Waals surface area contributed by atoms with Crippen molar-refractivity contribution in [3.05, 3.63) is 83.0 Å². The van der Waals surface area contributed by atoms with E-state index in [1.165, 1.54) is 15.8 Å². The van der Waals surface area contributed by atoms with Crippen molar-refractivity contribution < 1.29 is 9.59 Å². The zero-order valence-electron chi connectivity index (χ0n) is 21.2. The Bertz CT molecular complexity index is 1820. The van der Waals surface area contributed by atoms with Gasteiger partial charge in [0.25, 0.3) is 11.8 Å². The van der Waals surface area contributed by atoms with Crippen LogP contribution in [0.2, 0.25) is 0 Å². The Kier molecular flexibility index (Phi) is 5.14. The van der Waals surface area contributed by atoms with Crippen molar-refractivity contribution in [1.29, 1.82) is 5.26 Å². The van der Waals surface area contributed by atoms with Crippen molar-refractivity contribution >= 4 is 44.5 Å². The normalized spacial score (nSPS) is 17.8. The molecule has 0 radical (unpaired) electrons. The molecule has 1 atom stereocenters. The molecule has 7 rings (SSSR count). The molecule has 2 aliphatic rings. The lowest BCUT2D eigenvalue weighted by molar-refractivity contribution is 0.0641. The highest BCUT2D eigenvalue weighted by atomic mass is 16.2. The van der Waals surface area contributed by atoms with Crippen molar-refractivity contribution in [2.24, 2.45) is 13.0 Å². The van der Waals surface area contributed by atoms with Gasteiger partial charge in [0.05, 0.1) is 22.8 Å². The quantitative estimate of drug-likeness (QED) is 0.349. The number of benzene rings is 3. The fourth-order valence-electron chi connectivity index (χ4n) is 6.49. The zero-order chi connectivity index (χ0) is 26.0.